The Morgan fingerprint density at radius 3 is 2.47 bits per heavy atom. The van der Waals surface area contributed by atoms with Crippen LogP contribution in [0.1, 0.15) is 38.3 Å². The van der Waals surface area contributed by atoms with Crippen LogP contribution in [-0.4, -0.2) is 25.4 Å². The van der Waals surface area contributed by atoms with Crippen molar-refractivity contribution in [2.24, 2.45) is 5.73 Å². The lowest BCUT2D eigenvalue weighted by Crippen LogP contribution is -2.59. The topological polar surface area (TPSA) is 44.5 Å². The largest absolute Gasteiger partial charge is 0.487 e. The first-order valence-corrected chi connectivity index (χ1v) is 6.89. The van der Waals surface area contributed by atoms with Gasteiger partial charge >= 0.3 is 0 Å². The van der Waals surface area contributed by atoms with E-state index in [-0.39, 0.29) is 23.7 Å². The van der Waals surface area contributed by atoms with Crippen molar-refractivity contribution in [1.29, 1.82) is 0 Å². The molecular weight excluding hydrogens is 238 g/mol. The maximum Gasteiger partial charge on any atom is 0.128 e. The Morgan fingerprint density at radius 1 is 1.26 bits per heavy atom. The van der Waals surface area contributed by atoms with Crippen LogP contribution in [0.4, 0.5) is 0 Å². The molecule has 1 aromatic carbocycles. The zero-order chi connectivity index (χ0) is 14.2. The molecule has 0 spiro atoms. The molecule has 0 aliphatic heterocycles. The van der Waals surface area contributed by atoms with Gasteiger partial charge in [0.1, 0.15) is 18.0 Å². The average Bonchev–Trinajstić information content (AvgIpc) is 2.27. The Kier molecular flexibility index (Phi) is 3.88. The Labute approximate surface area is 116 Å². The molecule has 0 amide bonds. The van der Waals surface area contributed by atoms with Crippen molar-refractivity contribution < 1.29 is 9.47 Å². The van der Waals surface area contributed by atoms with Crippen molar-refractivity contribution in [3.05, 3.63) is 29.3 Å². The summed E-state index contributed by atoms with van der Waals surface area (Å²) in [5.41, 5.74) is 8.43. The monoisotopic (exact) mass is 263 g/mol. The Hall–Kier alpha value is -1.06. The minimum Gasteiger partial charge on any atom is -0.487 e. The van der Waals surface area contributed by atoms with E-state index in [1.165, 1.54) is 11.1 Å². The highest BCUT2D eigenvalue weighted by molar-refractivity contribution is 5.41. The van der Waals surface area contributed by atoms with E-state index < -0.39 is 0 Å². The molecule has 3 atom stereocenters. The molecule has 3 nitrogen and oxygen atoms in total. The summed E-state index contributed by atoms with van der Waals surface area (Å²) in [5, 5.41) is 0. The van der Waals surface area contributed by atoms with E-state index in [0.717, 1.165) is 12.2 Å². The lowest BCUT2D eigenvalue weighted by molar-refractivity contribution is -0.0787. The second-order valence-corrected chi connectivity index (χ2v) is 6.51. The van der Waals surface area contributed by atoms with Crippen molar-refractivity contribution >= 4 is 0 Å². The van der Waals surface area contributed by atoms with Crippen LogP contribution in [0, 0.1) is 6.92 Å². The maximum atomic E-state index is 6.16. The fourth-order valence-electron chi connectivity index (χ4n) is 2.57. The van der Waals surface area contributed by atoms with E-state index in [2.05, 4.69) is 45.9 Å². The number of methoxy groups -OCH3 is 1. The fraction of sp³-hybridized carbons (Fsp3) is 0.625. The van der Waals surface area contributed by atoms with Crippen molar-refractivity contribution in [1.82, 2.24) is 0 Å². The molecule has 0 aromatic heterocycles. The molecule has 1 aliphatic rings. The lowest BCUT2D eigenvalue weighted by atomic mass is 9.84. The summed E-state index contributed by atoms with van der Waals surface area (Å²) in [6.45, 7) is 8.68. The molecule has 1 aromatic rings. The average molecular weight is 263 g/mol. The van der Waals surface area contributed by atoms with E-state index in [4.69, 9.17) is 15.2 Å². The van der Waals surface area contributed by atoms with Crippen LogP contribution < -0.4 is 10.5 Å². The van der Waals surface area contributed by atoms with Gasteiger partial charge in [0.05, 0.1) is 0 Å². The van der Waals surface area contributed by atoms with Crippen molar-refractivity contribution in [3.63, 3.8) is 0 Å². The van der Waals surface area contributed by atoms with Gasteiger partial charge in [-0.25, -0.2) is 0 Å². The van der Waals surface area contributed by atoms with Crippen LogP contribution >= 0.6 is 0 Å². The second-order valence-electron chi connectivity index (χ2n) is 6.51. The summed E-state index contributed by atoms with van der Waals surface area (Å²) < 4.78 is 11.5. The van der Waals surface area contributed by atoms with Crippen LogP contribution in [0.25, 0.3) is 0 Å². The van der Waals surface area contributed by atoms with Gasteiger partial charge in [-0.1, -0.05) is 32.9 Å². The van der Waals surface area contributed by atoms with Gasteiger partial charge in [-0.15, -0.1) is 0 Å². The van der Waals surface area contributed by atoms with E-state index in [1.54, 1.807) is 7.11 Å². The number of hydrogen-bond donors (Lipinski definition) is 1. The highest BCUT2D eigenvalue weighted by atomic mass is 16.5. The Morgan fingerprint density at radius 2 is 1.95 bits per heavy atom. The highest BCUT2D eigenvalue weighted by Gasteiger charge is 2.41. The third-order valence-electron chi connectivity index (χ3n) is 3.79. The normalized spacial score (nSPS) is 26.9. The van der Waals surface area contributed by atoms with Crippen LogP contribution in [0.3, 0.4) is 0 Å². The second kappa shape index (κ2) is 5.14. The predicted octanol–water partition coefficient (Wildman–Crippen LogP) is 2.79. The van der Waals surface area contributed by atoms with Gasteiger partial charge in [0.2, 0.25) is 0 Å². The minimum atomic E-state index is 0.00771. The number of ether oxygens (including phenoxy) is 2. The van der Waals surface area contributed by atoms with Crippen LogP contribution in [-0.2, 0) is 10.2 Å². The first-order chi connectivity index (χ1) is 8.82. The number of hydrogen-bond acceptors (Lipinski definition) is 3. The van der Waals surface area contributed by atoms with Crippen LogP contribution in [0.15, 0.2) is 18.2 Å². The van der Waals surface area contributed by atoms with Crippen LogP contribution in [0.2, 0.25) is 0 Å². The lowest BCUT2D eigenvalue weighted by Gasteiger charge is -2.41. The van der Waals surface area contributed by atoms with E-state index >= 15 is 0 Å². The highest BCUT2D eigenvalue weighted by Crippen LogP contribution is 2.35. The molecule has 3 heteroatoms. The van der Waals surface area contributed by atoms with Gasteiger partial charge in [0.15, 0.2) is 0 Å². The Balaban J connectivity index is 2.22. The minimum absolute atomic E-state index is 0.00771. The smallest absolute Gasteiger partial charge is 0.128 e. The number of nitrogens with two attached hydrogens (primary N) is 1. The summed E-state index contributed by atoms with van der Waals surface area (Å²) >= 11 is 0. The molecule has 106 valence electrons. The van der Waals surface area contributed by atoms with E-state index in [1.807, 2.05) is 0 Å². The first-order valence-electron chi connectivity index (χ1n) is 6.89. The van der Waals surface area contributed by atoms with Gasteiger partial charge in [-0.3, -0.25) is 0 Å². The summed E-state index contributed by atoms with van der Waals surface area (Å²) in [5.74, 6) is 0.964. The first kappa shape index (κ1) is 14.4. The molecule has 0 saturated heterocycles. The summed E-state index contributed by atoms with van der Waals surface area (Å²) in [6.07, 6.45) is 0.937. The zero-order valence-corrected chi connectivity index (χ0v) is 12.6. The van der Waals surface area contributed by atoms with Crippen molar-refractivity contribution in [2.45, 2.75) is 57.8 Å². The van der Waals surface area contributed by atoms with Gasteiger partial charge in [0, 0.05) is 19.6 Å². The molecular formula is C16H25NO2. The molecule has 3 unspecified atom stereocenters. The molecule has 19 heavy (non-hydrogen) atoms. The molecule has 1 saturated carbocycles. The van der Waals surface area contributed by atoms with Crippen molar-refractivity contribution in [3.8, 4) is 5.75 Å². The number of benzene rings is 1. The van der Waals surface area contributed by atoms with Gasteiger partial charge in [-0.05, 0) is 29.5 Å². The summed E-state index contributed by atoms with van der Waals surface area (Å²) in [6, 6.07) is 6.49. The fourth-order valence-corrected chi connectivity index (χ4v) is 2.57. The molecule has 2 rings (SSSR count). The Bertz CT molecular complexity index is 451. The zero-order valence-electron chi connectivity index (χ0n) is 12.6. The predicted molar refractivity (Wildman–Crippen MR) is 77.7 cm³/mol. The van der Waals surface area contributed by atoms with Gasteiger partial charge < -0.3 is 15.2 Å². The molecule has 1 fully saturated rings. The summed E-state index contributed by atoms with van der Waals surface area (Å²) in [4.78, 5) is 0. The SMILES string of the molecule is COC1C(N)CC1Oc1cc(C)ccc1C(C)(C)C. The maximum absolute atomic E-state index is 6.16. The number of aryl methyl sites for hydroxylation is 1. The molecule has 2 N–H and O–H groups in total. The van der Waals surface area contributed by atoms with E-state index in [9.17, 15) is 0 Å². The third-order valence-corrected chi connectivity index (χ3v) is 3.79. The van der Waals surface area contributed by atoms with Crippen LogP contribution in [0.5, 0.6) is 5.75 Å². The summed E-state index contributed by atoms with van der Waals surface area (Å²) in [7, 11) is 1.70. The van der Waals surface area contributed by atoms with Gasteiger partial charge in [-0.2, -0.15) is 0 Å². The number of rotatable bonds is 3. The standard InChI is InChI=1S/C16H25NO2/c1-10-6-7-11(16(2,3)4)13(8-10)19-14-9-12(17)15(14)18-5/h6-8,12,14-15H,9,17H2,1-5H3. The third kappa shape index (κ3) is 2.93. The molecule has 0 bridgehead atoms. The molecule has 0 heterocycles. The quantitative estimate of drug-likeness (QED) is 0.912. The van der Waals surface area contributed by atoms with E-state index in [0.29, 0.717) is 0 Å². The molecule has 0 radical (unpaired) electrons. The molecule has 1 aliphatic carbocycles. The van der Waals surface area contributed by atoms with Crippen molar-refractivity contribution in [2.75, 3.05) is 7.11 Å². The van der Waals surface area contributed by atoms with Gasteiger partial charge in [0.25, 0.3) is 0 Å².